The smallest absolute Gasteiger partial charge is 0.407 e. The van der Waals surface area contributed by atoms with Crippen LogP contribution in [0.15, 0.2) is 0 Å². The summed E-state index contributed by atoms with van der Waals surface area (Å²) in [6, 6.07) is -1.61. The highest BCUT2D eigenvalue weighted by atomic mass is 16.6. The third kappa shape index (κ3) is 6.46. The molecule has 0 aliphatic carbocycles. The molecule has 25 heavy (non-hydrogen) atoms. The lowest BCUT2D eigenvalue weighted by molar-refractivity contribution is -0.218. The standard InChI is InChI=1S/C14H23NO10/c1-6-10(18)12(20)11(19)8(25-6)3-2-4-24-14(23)15-7(13(21)22)5-9(16)17/h6-8,10-12,18-20H,2-5H2,1H3,(H,15,23)(H,16,17)(H,21,22)/t6?,7?,8-,10?,11?,12?/m0/s1. The average molecular weight is 365 g/mol. The molecular weight excluding hydrogens is 342 g/mol. The van der Waals surface area contributed by atoms with E-state index in [2.05, 4.69) is 0 Å². The lowest BCUT2D eigenvalue weighted by atomic mass is 9.93. The molecule has 1 aliphatic heterocycles. The topological polar surface area (TPSA) is 183 Å². The fourth-order valence-electron chi connectivity index (χ4n) is 2.38. The predicted molar refractivity (Wildman–Crippen MR) is 79.7 cm³/mol. The minimum atomic E-state index is -1.61. The second-order valence-corrected chi connectivity index (χ2v) is 5.76. The molecule has 11 heteroatoms. The van der Waals surface area contributed by atoms with Crippen molar-refractivity contribution in [3.63, 3.8) is 0 Å². The molecule has 0 aromatic heterocycles. The van der Waals surface area contributed by atoms with Gasteiger partial charge in [0, 0.05) is 0 Å². The summed E-state index contributed by atoms with van der Waals surface area (Å²) in [5.41, 5.74) is 0. The van der Waals surface area contributed by atoms with Crippen molar-refractivity contribution in [2.24, 2.45) is 0 Å². The molecule has 1 aliphatic rings. The number of nitrogens with one attached hydrogen (secondary N) is 1. The lowest BCUT2D eigenvalue weighted by Gasteiger charge is -2.39. The number of ether oxygens (including phenoxy) is 2. The summed E-state index contributed by atoms with van der Waals surface area (Å²) in [5.74, 6) is -2.88. The molecule has 1 rings (SSSR count). The Bertz CT molecular complexity index is 484. The van der Waals surface area contributed by atoms with Crippen LogP contribution in [-0.2, 0) is 19.1 Å². The highest BCUT2D eigenvalue weighted by molar-refractivity contribution is 5.84. The van der Waals surface area contributed by atoms with Gasteiger partial charge in [-0.2, -0.15) is 0 Å². The maximum absolute atomic E-state index is 11.5. The van der Waals surface area contributed by atoms with Crippen molar-refractivity contribution in [2.45, 2.75) is 62.7 Å². The van der Waals surface area contributed by atoms with Gasteiger partial charge in [-0.3, -0.25) is 4.79 Å². The van der Waals surface area contributed by atoms with Crippen LogP contribution in [0.3, 0.4) is 0 Å². The maximum Gasteiger partial charge on any atom is 0.407 e. The van der Waals surface area contributed by atoms with Crippen molar-refractivity contribution in [1.29, 1.82) is 0 Å². The van der Waals surface area contributed by atoms with Crippen LogP contribution in [0.2, 0.25) is 0 Å². The summed E-state index contributed by atoms with van der Waals surface area (Å²) in [6.07, 6.45) is -6.65. The first-order valence-corrected chi connectivity index (χ1v) is 7.71. The van der Waals surface area contributed by atoms with E-state index >= 15 is 0 Å². The Hall–Kier alpha value is -1.95. The van der Waals surface area contributed by atoms with E-state index in [1.807, 2.05) is 5.32 Å². The summed E-state index contributed by atoms with van der Waals surface area (Å²) in [4.78, 5) is 32.8. The molecule has 1 fully saturated rings. The zero-order valence-corrected chi connectivity index (χ0v) is 13.6. The Morgan fingerprint density at radius 3 is 2.32 bits per heavy atom. The number of amides is 1. The Kier molecular flexibility index (Phi) is 8.03. The first-order valence-electron chi connectivity index (χ1n) is 7.71. The number of aliphatic hydroxyl groups is 3. The summed E-state index contributed by atoms with van der Waals surface area (Å²) < 4.78 is 10.1. The quantitative estimate of drug-likeness (QED) is 0.271. The van der Waals surface area contributed by atoms with E-state index in [1.165, 1.54) is 0 Å². The molecule has 1 saturated heterocycles. The molecule has 11 nitrogen and oxygen atoms in total. The van der Waals surface area contributed by atoms with Crippen LogP contribution < -0.4 is 5.32 Å². The molecule has 6 N–H and O–H groups in total. The van der Waals surface area contributed by atoms with E-state index in [0.29, 0.717) is 0 Å². The number of carboxylic acid groups (broad SMARTS) is 2. The van der Waals surface area contributed by atoms with Crippen LogP contribution in [0.1, 0.15) is 26.2 Å². The van der Waals surface area contributed by atoms with Gasteiger partial charge in [-0.25, -0.2) is 9.59 Å². The van der Waals surface area contributed by atoms with Gasteiger partial charge in [0.2, 0.25) is 0 Å². The molecular formula is C14H23NO10. The number of alkyl carbamates (subject to hydrolysis) is 1. The molecule has 144 valence electrons. The van der Waals surface area contributed by atoms with E-state index in [-0.39, 0.29) is 19.4 Å². The van der Waals surface area contributed by atoms with Gasteiger partial charge in [-0.05, 0) is 19.8 Å². The summed E-state index contributed by atoms with van der Waals surface area (Å²) in [5, 5.41) is 48.3. The maximum atomic E-state index is 11.5. The van der Waals surface area contributed by atoms with Gasteiger partial charge in [0.05, 0.1) is 25.2 Å². The van der Waals surface area contributed by atoms with Crippen molar-refractivity contribution in [2.75, 3.05) is 6.61 Å². The van der Waals surface area contributed by atoms with E-state index in [4.69, 9.17) is 19.7 Å². The number of carbonyl (C=O) groups is 3. The zero-order valence-electron chi connectivity index (χ0n) is 13.6. The molecule has 0 aromatic carbocycles. The Labute approximate surface area is 143 Å². The molecule has 0 bridgehead atoms. The van der Waals surface area contributed by atoms with E-state index in [1.54, 1.807) is 6.92 Å². The minimum absolute atomic E-state index is 0.134. The van der Waals surface area contributed by atoms with Gasteiger partial charge in [-0.15, -0.1) is 0 Å². The number of aliphatic carboxylic acids is 2. The molecule has 0 radical (unpaired) electrons. The number of hydrogen-bond acceptors (Lipinski definition) is 8. The molecule has 0 spiro atoms. The highest BCUT2D eigenvalue weighted by Crippen LogP contribution is 2.23. The molecule has 1 heterocycles. The highest BCUT2D eigenvalue weighted by Gasteiger charge is 2.41. The van der Waals surface area contributed by atoms with Gasteiger partial charge in [0.15, 0.2) is 0 Å². The molecule has 0 aromatic rings. The normalized spacial score (nSPS) is 30.3. The molecule has 0 saturated carbocycles. The third-order valence-electron chi connectivity index (χ3n) is 3.79. The monoisotopic (exact) mass is 365 g/mol. The minimum Gasteiger partial charge on any atom is -0.481 e. The van der Waals surface area contributed by atoms with E-state index in [9.17, 15) is 29.7 Å². The van der Waals surface area contributed by atoms with Gasteiger partial charge in [0.1, 0.15) is 24.4 Å². The van der Waals surface area contributed by atoms with Gasteiger partial charge in [-0.1, -0.05) is 0 Å². The molecule has 1 amide bonds. The lowest BCUT2D eigenvalue weighted by Crippen LogP contribution is -2.56. The second kappa shape index (κ2) is 9.51. The van der Waals surface area contributed by atoms with Crippen LogP contribution in [0.25, 0.3) is 0 Å². The zero-order chi connectivity index (χ0) is 19.1. The van der Waals surface area contributed by atoms with Crippen molar-refractivity contribution in [3.05, 3.63) is 0 Å². The Morgan fingerprint density at radius 2 is 1.76 bits per heavy atom. The number of aliphatic hydroxyl groups excluding tert-OH is 3. The van der Waals surface area contributed by atoms with Crippen molar-refractivity contribution >= 4 is 18.0 Å². The SMILES string of the molecule is CC1O[C@@H](CCCOC(=O)NC(CC(=O)O)C(=O)O)C(O)C(O)C1O. The van der Waals surface area contributed by atoms with Crippen LogP contribution in [0.4, 0.5) is 4.79 Å². The van der Waals surface area contributed by atoms with Crippen LogP contribution in [-0.4, -0.2) is 86.7 Å². The first kappa shape index (κ1) is 21.1. The predicted octanol–water partition coefficient (Wildman–Crippen LogP) is -1.71. The summed E-state index contributed by atoms with van der Waals surface area (Å²) in [7, 11) is 0. The van der Waals surface area contributed by atoms with Gasteiger partial charge in [0.25, 0.3) is 0 Å². The molecule has 5 unspecified atom stereocenters. The Morgan fingerprint density at radius 1 is 1.12 bits per heavy atom. The number of rotatable bonds is 8. The van der Waals surface area contributed by atoms with E-state index in [0.717, 1.165) is 0 Å². The largest absolute Gasteiger partial charge is 0.481 e. The number of hydrogen-bond donors (Lipinski definition) is 6. The number of carboxylic acids is 2. The van der Waals surface area contributed by atoms with Crippen LogP contribution >= 0.6 is 0 Å². The first-order chi connectivity index (χ1) is 11.6. The fourth-order valence-corrected chi connectivity index (χ4v) is 2.38. The van der Waals surface area contributed by atoms with Gasteiger partial charge >= 0.3 is 18.0 Å². The summed E-state index contributed by atoms with van der Waals surface area (Å²) >= 11 is 0. The van der Waals surface area contributed by atoms with Gasteiger partial charge < -0.3 is 40.3 Å². The number of carbonyl (C=O) groups excluding carboxylic acids is 1. The molecule has 6 atom stereocenters. The van der Waals surface area contributed by atoms with E-state index < -0.39 is 61.0 Å². The van der Waals surface area contributed by atoms with Crippen LogP contribution in [0.5, 0.6) is 0 Å². The summed E-state index contributed by atoms with van der Waals surface area (Å²) in [6.45, 7) is 1.41. The van der Waals surface area contributed by atoms with Crippen molar-refractivity contribution in [3.8, 4) is 0 Å². The average Bonchev–Trinajstić information content (AvgIpc) is 2.52. The van der Waals surface area contributed by atoms with Crippen LogP contribution in [0, 0.1) is 0 Å². The Balaban J connectivity index is 2.33. The second-order valence-electron chi connectivity index (χ2n) is 5.76. The van der Waals surface area contributed by atoms with Crippen molar-refractivity contribution in [1.82, 2.24) is 5.32 Å². The third-order valence-corrected chi connectivity index (χ3v) is 3.79. The van der Waals surface area contributed by atoms with Crippen molar-refractivity contribution < 1.29 is 49.4 Å². The fraction of sp³-hybridized carbons (Fsp3) is 0.786.